The van der Waals surface area contributed by atoms with Crippen LogP contribution >= 0.6 is 24.0 Å². The molecule has 0 N–H and O–H groups in total. The van der Waals surface area contributed by atoms with Crippen LogP contribution < -0.4 is 9.64 Å². The Morgan fingerprint density at radius 3 is 2.60 bits per heavy atom. The molecule has 0 spiro atoms. The maximum absolute atomic E-state index is 14.0. The molecule has 0 saturated carbocycles. The van der Waals surface area contributed by atoms with Crippen LogP contribution in [0.2, 0.25) is 0 Å². The minimum atomic E-state index is -0.483. The molecule has 0 atom stereocenters. The summed E-state index contributed by atoms with van der Waals surface area (Å²) < 4.78 is 19.7. The average molecular weight is 371 g/mol. The molecule has 0 radical (unpaired) electrons. The third-order valence-electron chi connectivity index (χ3n) is 3.43. The van der Waals surface area contributed by atoms with E-state index in [1.54, 1.807) is 24.3 Å². The highest BCUT2D eigenvalue weighted by atomic mass is 32.2. The van der Waals surface area contributed by atoms with E-state index in [0.29, 0.717) is 15.8 Å². The molecule has 6 heteroatoms. The quantitative estimate of drug-likeness (QED) is 0.429. The van der Waals surface area contributed by atoms with Crippen LogP contribution in [0.5, 0.6) is 5.75 Å². The molecule has 25 heavy (non-hydrogen) atoms. The third-order valence-corrected chi connectivity index (χ3v) is 4.73. The molecule has 1 saturated heterocycles. The molecule has 126 valence electrons. The largest absolute Gasteiger partial charge is 0.490 e. The lowest BCUT2D eigenvalue weighted by Gasteiger charge is -2.14. The smallest absolute Gasteiger partial charge is 0.270 e. The van der Waals surface area contributed by atoms with Crippen LogP contribution in [0.25, 0.3) is 6.08 Å². The van der Waals surface area contributed by atoms with E-state index in [-0.39, 0.29) is 11.6 Å². The summed E-state index contributed by atoms with van der Waals surface area (Å²) in [5, 5.41) is 0. The summed E-state index contributed by atoms with van der Waals surface area (Å²) in [4.78, 5) is 14.3. The van der Waals surface area contributed by atoms with Crippen molar-refractivity contribution >= 4 is 46.0 Å². The van der Waals surface area contributed by atoms with Crippen LogP contribution in [0, 0.1) is 5.82 Å². The van der Waals surface area contributed by atoms with Crippen LogP contribution in [-0.4, -0.2) is 16.8 Å². The van der Waals surface area contributed by atoms with Crippen molar-refractivity contribution in [2.45, 2.75) is 0 Å². The van der Waals surface area contributed by atoms with Crippen LogP contribution in [0.1, 0.15) is 5.56 Å². The predicted molar refractivity (Wildman–Crippen MR) is 104 cm³/mol. The summed E-state index contributed by atoms with van der Waals surface area (Å²) >= 11 is 6.41. The summed E-state index contributed by atoms with van der Waals surface area (Å²) in [5.41, 5.74) is 1.00. The van der Waals surface area contributed by atoms with Gasteiger partial charge < -0.3 is 4.74 Å². The van der Waals surface area contributed by atoms with Crippen molar-refractivity contribution in [2.24, 2.45) is 0 Å². The first-order valence-electron chi connectivity index (χ1n) is 7.46. The van der Waals surface area contributed by atoms with Crippen LogP contribution in [0.4, 0.5) is 10.1 Å². The number of hydrogen-bond donors (Lipinski definition) is 0. The summed E-state index contributed by atoms with van der Waals surface area (Å²) in [5.74, 6) is -0.0909. The minimum Gasteiger partial charge on any atom is -0.490 e. The summed E-state index contributed by atoms with van der Waals surface area (Å²) in [7, 11) is 0. The zero-order chi connectivity index (χ0) is 17.8. The number of rotatable bonds is 5. The molecular weight excluding hydrogens is 357 g/mol. The van der Waals surface area contributed by atoms with Gasteiger partial charge in [-0.2, -0.15) is 0 Å². The number of thioether (sulfide) groups is 1. The number of anilines is 1. The lowest BCUT2D eigenvalue weighted by atomic mass is 10.2. The first-order valence-corrected chi connectivity index (χ1v) is 8.69. The molecule has 1 amide bonds. The second kappa shape index (κ2) is 7.63. The third kappa shape index (κ3) is 3.81. The second-order valence-corrected chi connectivity index (χ2v) is 6.81. The fourth-order valence-corrected chi connectivity index (χ4v) is 3.56. The van der Waals surface area contributed by atoms with E-state index < -0.39 is 5.82 Å². The highest BCUT2D eigenvalue weighted by Gasteiger charge is 2.34. The van der Waals surface area contributed by atoms with Gasteiger partial charge in [-0.15, -0.1) is 0 Å². The predicted octanol–water partition coefficient (Wildman–Crippen LogP) is 4.80. The van der Waals surface area contributed by atoms with Crippen LogP contribution in [-0.2, 0) is 4.79 Å². The zero-order valence-electron chi connectivity index (χ0n) is 13.1. The van der Waals surface area contributed by atoms with Gasteiger partial charge in [0.25, 0.3) is 5.91 Å². The minimum absolute atomic E-state index is 0.168. The second-order valence-electron chi connectivity index (χ2n) is 5.14. The number of nitrogens with zero attached hydrogens (tertiary/aromatic N) is 1. The summed E-state index contributed by atoms with van der Waals surface area (Å²) in [6.07, 6.45) is 3.40. The average Bonchev–Trinajstić information content (AvgIpc) is 2.89. The fourth-order valence-electron chi connectivity index (χ4n) is 2.28. The van der Waals surface area contributed by atoms with Gasteiger partial charge in [-0.3, -0.25) is 9.69 Å². The summed E-state index contributed by atoms with van der Waals surface area (Å²) in [6, 6.07) is 13.4. The molecule has 0 bridgehead atoms. The molecule has 1 aliphatic rings. The maximum Gasteiger partial charge on any atom is 0.270 e. The molecule has 0 unspecified atom stereocenters. The SMILES string of the molecule is C=CCOc1ccc(/C=C2/SC(=S)N(c3ccccc3F)C2=O)cc1. The number of ether oxygens (including phenoxy) is 1. The Kier molecular flexibility index (Phi) is 5.31. The van der Waals surface area contributed by atoms with E-state index in [9.17, 15) is 9.18 Å². The van der Waals surface area contributed by atoms with Gasteiger partial charge in [-0.25, -0.2) is 4.39 Å². The Morgan fingerprint density at radius 2 is 1.92 bits per heavy atom. The molecule has 0 aromatic heterocycles. The Morgan fingerprint density at radius 1 is 1.20 bits per heavy atom. The molecule has 1 aliphatic heterocycles. The Bertz CT molecular complexity index is 862. The van der Waals surface area contributed by atoms with E-state index in [4.69, 9.17) is 17.0 Å². The molecule has 1 heterocycles. The Hall–Kier alpha value is -2.44. The standard InChI is InChI=1S/C19H14FNO2S2/c1-2-11-23-14-9-7-13(8-10-14)12-17-18(22)21(19(24)25-17)16-6-4-3-5-15(16)20/h2-10,12H,1,11H2/b17-12+. The summed E-state index contributed by atoms with van der Waals surface area (Å²) in [6.45, 7) is 4.03. The lowest BCUT2D eigenvalue weighted by Crippen LogP contribution is -2.28. The van der Waals surface area contributed by atoms with E-state index in [1.165, 1.54) is 17.0 Å². The topological polar surface area (TPSA) is 29.5 Å². The molecule has 0 aliphatic carbocycles. The Labute approximate surface area is 154 Å². The van der Waals surface area contributed by atoms with Gasteiger partial charge in [-0.05, 0) is 35.9 Å². The molecule has 2 aromatic rings. The molecule has 3 rings (SSSR count). The number of benzene rings is 2. The van der Waals surface area contributed by atoms with E-state index >= 15 is 0 Å². The zero-order valence-corrected chi connectivity index (χ0v) is 14.8. The molecule has 1 fully saturated rings. The van der Waals surface area contributed by atoms with E-state index in [0.717, 1.165) is 23.1 Å². The number of carbonyl (C=O) groups is 1. The fraction of sp³-hybridized carbons (Fsp3) is 0.0526. The monoisotopic (exact) mass is 371 g/mol. The van der Waals surface area contributed by atoms with Crippen LogP contribution in [0.15, 0.2) is 66.1 Å². The maximum atomic E-state index is 14.0. The van der Waals surface area contributed by atoms with Gasteiger partial charge >= 0.3 is 0 Å². The van der Waals surface area contributed by atoms with Gasteiger partial charge in [0.2, 0.25) is 0 Å². The van der Waals surface area contributed by atoms with Gasteiger partial charge in [0, 0.05) is 0 Å². The van der Waals surface area contributed by atoms with Gasteiger partial charge in [0.1, 0.15) is 18.2 Å². The van der Waals surface area contributed by atoms with Gasteiger partial charge in [0.15, 0.2) is 4.32 Å². The lowest BCUT2D eigenvalue weighted by molar-refractivity contribution is -0.113. The van der Waals surface area contributed by atoms with E-state index in [1.807, 2.05) is 24.3 Å². The first kappa shape index (κ1) is 17.4. The van der Waals surface area contributed by atoms with Crippen molar-refractivity contribution in [3.8, 4) is 5.75 Å². The highest BCUT2D eigenvalue weighted by Crippen LogP contribution is 2.37. The van der Waals surface area contributed by atoms with Crippen molar-refractivity contribution < 1.29 is 13.9 Å². The first-order chi connectivity index (χ1) is 12.1. The number of para-hydroxylation sites is 1. The number of carbonyl (C=O) groups excluding carboxylic acids is 1. The van der Waals surface area contributed by atoms with Crippen molar-refractivity contribution in [3.05, 3.63) is 77.5 Å². The molecule has 2 aromatic carbocycles. The molecular formula is C19H14FNO2S2. The molecule has 3 nitrogen and oxygen atoms in total. The van der Waals surface area contributed by atoms with Crippen LogP contribution in [0.3, 0.4) is 0 Å². The number of amides is 1. The van der Waals surface area contributed by atoms with Crippen molar-refractivity contribution in [1.29, 1.82) is 0 Å². The highest BCUT2D eigenvalue weighted by molar-refractivity contribution is 8.27. The van der Waals surface area contributed by atoms with Crippen molar-refractivity contribution in [3.63, 3.8) is 0 Å². The number of halogens is 1. The normalized spacial score (nSPS) is 15.7. The number of hydrogen-bond acceptors (Lipinski definition) is 4. The van der Waals surface area contributed by atoms with Crippen molar-refractivity contribution in [2.75, 3.05) is 11.5 Å². The Balaban J connectivity index is 1.83. The van der Waals surface area contributed by atoms with Gasteiger partial charge in [0.05, 0.1) is 10.6 Å². The van der Waals surface area contributed by atoms with Gasteiger partial charge in [-0.1, -0.05) is 60.9 Å². The van der Waals surface area contributed by atoms with Crippen molar-refractivity contribution in [1.82, 2.24) is 0 Å². The van der Waals surface area contributed by atoms with E-state index in [2.05, 4.69) is 6.58 Å². The number of thiocarbonyl (C=S) groups is 1.